The average Bonchev–Trinajstić information content (AvgIpc) is 2.74. The first-order valence-corrected chi connectivity index (χ1v) is 8.15. The van der Waals surface area contributed by atoms with Crippen molar-refractivity contribution in [2.45, 2.75) is 31.2 Å². The highest BCUT2D eigenvalue weighted by Crippen LogP contribution is 2.35. The van der Waals surface area contributed by atoms with Crippen molar-refractivity contribution in [3.05, 3.63) is 27.2 Å². The molecule has 0 unspecified atom stereocenters. The minimum Gasteiger partial charge on any atom is -0.326 e. The first kappa shape index (κ1) is 15.1. The van der Waals surface area contributed by atoms with Gasteiger partial charge in [0.25, 0.3) is 0 Å². The van der Waals surface area contributed by atoms with Crippen LogP contribution in [0, 0.1) is 13.8 Å². The van der Waals surface area contributed by atoms with Crippen LogP contribution in [0.4, 0.5) is 0 Å². The number of sulfonamides is 1. The van der Waals surface area contributed by atoms with Gasteiger partial charge in [0.2, 0.25) is 10.0 Å². The monoisotopic (exact) mass is 322 g/mol. The molecule has 1 aromatic rings. The number of nitrogens with zero attached hydrogens (tertiary/aromatic N) is 1. The van der Waals surface area contributed by atoms with Gasteiger partial charge in [-0.2, -0.15) is 4.31 Å². The van der Waals surface area contributed by atoms with E-state index in [1.165, 1.54) is 4.31 Å². The summed E-state index contributed by atoms with van der Waals surface area (Å²) in [5, 5.41) is 0.645. The Bertz CT molecular complexity index is 590. The predicted octanol–water partition coefficient (Wildman–Crippen LogP) is 2.33. The lowest BCUT2D eigenvalue weighted by Crippen LogP contribution is -2.32. The van der Waals surface area contributed by atoms with Gasteiger partial charge in [0.1, 0.15) is 4.90 Å². The van der Waals surface area contributed by atoms with Gasteiger partial charge >= 0.3 is 0 Å². The minimum absolute atomic E-state index is 0.105. The molecule has 0 aliphatic carbocycles. The maximum Gasteiger partial charge on any atom is 0.244 e. The summed E-state index contributed by atoms with van der Waals surface area (Å²) in [4.78, 5) is 0.105. The molecule has 0 radical (unpaired) electrons. The van der Waals surface area contributed by atoms with Gasteiger partial charge in [-0.25, -0.2) is 8.42 Å². The van der Waals surface area contributed by atoms with Crippen LogP contribution >= 0.6 is 23.2 Å². The molecule has 0 bridgehead atoms. The largest absolute Gasteiger partial charge is 0.326 e. The Morgan fingerprint density at radius 1 is 1.37 bits per heavy atom. The molecule has 4 nitrogen and oxygen atoms in total. The zero-order valence-corrected chi connectivity index (χ0v) is 13.1. The molecule has 0 saturated carbocycles. The van der Waals surface area contributed by atoms with E-state index in [9.17, 15) is 8.42 Å². The second-order valence-corrected chi connectivity index (χ2v) is 7.52. The number of nitrogens with two attached hydrogens (primary N) is 1. The van der Waals surface area contributed by atoms with E-state index in [2.05, 4.69) is 0 Å². The molecule has 0 spiro atoms. The van der Waals surface area contributed by atoms with E-state index in [1.54, 1.807) is 19.9 Å². The van der Waals surface area contributed by atoms with Crippen molar-refractivity contribution in [3.63, 3.8) is 0 Å². The summed E-state index contributed by atoms with van der Waals surface area (Å²) >= 11 is 12.2. The number of hydrogen-bond donors (Lipinski definition) is 1. The van der Waals surface area contributed by atoms with Crippen molar-refractivity contribution in [1.29, 1.82) is 0 Å². The molecule has 2 N–H and O–H groups in total. The number of rotatable bonds is 2. The molecule has 2 rings (SSSR count). The smallest absolute Gasteiger partial charge is 0.244 e. The molecule has 1 aromatic carbocycles. The Balaban J connectivity index is 2.58. The number of aryl methyl sites for hydroxylation is 1. The van der Waals surface area contributed by atoms with Crippen LogP contribution in [-0.2, 0) is 10.0 Å². The van der Waals surface area contributed by atoms with Gasteiger partial charge in [-0.05, 0) is 37.5 Å². The van der Waals surface area contributed by atoms with Gasteiger partial charge in [0.05, 0.1) is 5.02 Å². The summed E-state index contributed by atoms with van der Waals surface area (Å²) in [7, 11) is -3.64. The highest BCUT2D eigenvalue weighted by Gasteiger charge is 2.34. The van der Waals surface area contributed by atoms with E-state index in [-0.39, 0.29) is 16.0 Å². The molecule has 1 aliphatic heterocycles. The minimum atomic E-state index is -3.64. The quantitative estimate of drug-likeness (QED) is 0.908. The van der Waals surface area contributed by atoms with E-state index in [4.69, 9.17) is 28.9 Å². The topological polar surface area (TPSA) is 63.4 Å². The molecular formula is C12H16Cl2N2O2S. The second kappa shape index (κ2) is 5.22. The second-order valence-electron chi connectivity index (χ2n) is 4.86. The molecule has 1 atom stereocenters. The Hall–Kier alpha value is -0.330. The maximum absolute atomic E-state index is 12.7. The SMILES string of the molecule is Cc1cc(Cl)c(C)c(S(=O)(=O)N2CC[C@H](N)C2)c1Cl. The fourth-order valence-electron chi connectivity index (χ4n) is 2.22. The van der Waals surface area contributed by atoms with Crippen molar-refractivity contribution in [3.8, 4) is 0 Å². The zero-order chi connectivity index (χ0) is 14.4. The van der Waals surface area contributed by atoms with Gasteiger partial charge in [0.15, 0.2) is 0 Å². The van der Waals surface area contributed by atoms with Gasteiger partial charge in [-0.15, -0.1) is 0 Å². The van der Waals surface area contributed by atoms with Crippen LogP contribution in [0.2, 0.25) is 10.0 Å². The van der Waals surface area contributed by atoms with Crippen molar-refractivity contribution in [1.82, 2.24) is 4.31 Å². The van der Waals surface area contributed by atoms with Crippen LogP contribution in [0.25, 0.3) is 0 Å². The van der Waals surface area contributed by atoms with E-state index in [1.807, 2.05) is 0 Å². The van der Waals surface area contributed by atoms with Crippen molar-refractivity contribution in [2.75, 3.05) is 13.1 Å². The first-order valence-electron chi connectivity index (χ1n) is 5.96. The van der Waals surface area contributed by atoms with Crippen LogP contribution in [0.3, 0.4) is 0 Å². The molecule has 1 heterocycles. The lowest BCUT2D eigenvalue weighted by Gasteiger charge is -2.20. The molecule has 106 valence electrons. The highest BCUT2D eigenvalue weighted by atomic mass is 35.5. The van der Waals surface area contributed by atoms with Crippen LogP contribution in [0.15, 0.2) is 11.0 Å². The van der Waals surface area contributed by atoms with Gasteiger partial charge < -0.3 is 5.73 Å². The Morgan fingerprint density at radius 3 is 2.53 bits per heavy atom. The standard InChI is InChI=1S/C12H16Cl2N2O2S/c1-7-5-10(13)8(2)12(11(7)14)19(17,18)16-4-3-9(15)6-16/h5,9H,3-4,6,15H2,1-2H3/t9-/m0/s1. The van der Waals surface area contributed by atoms with E-state index < -0.39 is 10.0 Å². The van der Waals surface area contributed by atoms with Crippen molar-refractivity contribution < 1.29 is 8.42 Å². The fraction of sp³-hybridized carbons (Fsp3) is 0.500. The normalized spacial score (nSPS) is 21.0. The van der Waals surface area contributed by atoms with Crippen molar-refractivity contribution in [2.24, 2.45) is 5.73 Å². The van der Waals surface area contributed by atoms with E-state index >= 15 is 0 Å². The highest BCUT2D eigenvalue weighted by molar-refractivity contribution is 7.89. The van der Waals surface area contributed by atoms with Gasteiger partial charge in [0, 0.05) is 24.2 Å². The molecule has 0 amide bonds. The third-order valence-corrected chi connectivity index (χ3v) is 6.40. The molecular weight excluding hydrogens is 307 g/mol. The van der Waals surface area contributed by atoms with Crippen LogP contribution in [-0.4, -0.2) is 31.9 Å². The zero-order valence-electron chi connectivity index (χ0n) is 10.8. The molecule has 1 fully saturated rings. The first-order chi connectivity index (χ1) is 8.75. The Kier molecular flexibility index (Phi) is 4.14. The Morgan fingerprint density at radius 2 is 2.00 bits per heavy atom. The third-order valence-electron chi connectivity index (χ3n) is 3.37. The number of halogens is 2. The van der Waals surface area contributed by atoms with E-state index in [0.29, 0.717) is 35.7 Å². The fourth-order valence-corrected chi connectivity index (χ4v) is 4.90. The summed E-state index contributed by atoms with van der Waals surface area (Å²) in [6, 6.07) is 1.56. The maximum atomic E-state index is 12.7. The van der Waals surface area contributed by atoms with Crippen molar-refractivity contribution >= 4 is 33.2 Å². The van der Waals surface area contributed by atoms with E-state index in [0.717, 1.165) is 0 Å². The van der Waals surface area contributed by atoms with Gasteiger partial charge in [-0.3, -0.25) is 0 Å². The number of benzene rings is 1. The lowest BCUT2D eigenvalue weighted by atomic mass is 10.2. The molecule has 1 aliphatic rings. The molecule has 19 heavy (non-hydrogen) atoms. The summed E-state index contributed by atoms with van der Waals surface area (Å²) in [6.45, 7) is 4.15. The predicted molar refractivity (Wildman–Crippen MR) is 77.3 cm³/mol. The lowest BCUT2D eigenvalue weighted by molar-refractivity contribution is 0.472. The molecule has 1 saturated heterocycles. The molecule has 7 heteroatoms. The summed E-state index contributed by atoms with van der Waals surface area (Å²) in [5.41, 5.74) is 6.91. The summed E-state index contributed by atoms with van der Waals surface area (Å²) in [5.74, 6) is 0. The summed E-state index contributed by atoms with van der Waals surface area (Å²) in [6.07, 6.45) is 0.662. The van der Waals surface area contributed by atoms with Crippen LogP contribution < -0.4 is 5.73 Å². The third kappa shape index (κ3) is 2.62. The van der Waals surface area contributed by atoms with Gasteiger partial charge in [-0.1, -0.05) is 23.2 Å². The van der Waals surface area contributed by atoms with Crippen LogP contribution in [0.5, 0.6) is 0 Å². The average molecular weight is 323 g/mol. The summed E-state index contributed by atoms with van der Waals surface area (Å²) < 4.78 is 26.7. The molecule has 0 aromatic heterocycles. The van der Waals surface area contributed by atoms with Crippen LogP contribution in [0.1, 0.15) is 17.5 Å². The number of hydrogen-bond acceptors (Lipinski definition) is 3. The Labute approximate surface area is 123 Å².